The fourth-order valence-electron chi connectivity index (χ4n) is 8.61. The van der Waals surface area contributed by atoms with E-state index in [1.54, 1.807) is 161 Å². The van der Waals surface area contributed by atoms with E-state index < -0.39 is 97.7 Å². The van der Waals surface area contributed by atoms with Crippen LogP contribution in [-0.4, -0.2) is 196 Å². The third-order valence-electron chi connectivity index (χ3n) is 13.6. The van der Waals surface area contributed by atoms with Gasteiger partial charge < -0.3 is 48.9 Å². The van der Waals surface area contributed by atoms with Gasteiger partial charge in [-0.25, -0.2) is 0 Å². The molecule has 31 nitrogen and oxygen atoms in total. The van der Waals surface area contributed by atoms with Crippen LogP contribution in [-0.2, 0) is 93.7 Å². The number of ether oxygens (including phenoxy) is 6. The first-order valence-corrected chi connectivity index (χ1v) is 44.7. The second-order valence-corrected chi connectivity index (χ2v) is 39.3. The zero-order valence-electron chi connectivity index (χ0n) is 74.3. The van der Waals surface area contributed by atoms with E-state index >= 15 is 0 Å². The minimum absolute atomic E-state index is 0. The molecule has 7 N–H and O–H groups in total. The van der Waals surface area contributed by atoms with Crippen LogP contribution in [0.1, 0.15) is 173 Å². The molecule has 0 unspecified atom stereocenters. The van der Waals surface area contributed by atoms with Gasteiger partial charge in [0.1, 0.15) is 45.2 Å². The van der Waals surface area contributed by atoms with Crippen molar-refractivity contribution in [3.8, 4) is 0 Å². The van der Waals surface area contributed by atoms with Gasteiger partial charge in [-0.3, -0.25) is 28.8 Å². The van der Waals surface area contributed by atoms with Crippen LogP contribution >= 0.6 is 151 Å². The van der Waals surface area contributed by atoms with Crippen LogP contribution in [0.5, 0.6) is 0 Å². The number of anilines is 2. The molecule has 0 bridgehead atoms. The number of aromatic nitrogens is 16. The summed E-state index contributed by atoms with van der Waals surface area (Å²) in [7, 11) is 0. The van der Waals surface area contributed by atoms with E-state index in [1.165, 1.54) is 48.2 Å². The molecule has 8 aromatic rings. The molecule has 0 aliphatic carbocycles. The number of carbonyl (C=O) groups is 6. The Hall–Kier alpha value is -4.97. The summed E-state index contributed by atoms with van der Waals surface area (Å²) in [4.78, 5) is 81.3. The molecule has 0 saturated carbocycles. The second kappa shape index (κ2) is 57.2. The average molecular weight is 1980 g/mol. The second-order valence-electron chi connectivity index (χ2n) is 31.0. The first kappa shape index (κ1) is 118. The minimum atomic E-state index is -2.23. The Bertz CT molecular complexity index is 4070. The zero-order valence-corrected chi connectivity index (χ0v) is 86.3. The van der Waals surface area contributed by atoms with Gasteiger partial charge in [0.25, 0.3) is 0 Å². The molecule has 123 heavy (non-hydrogen) atoms. The first-order chi connectivity index (χ1) is 55.8. The van der Waals surface area contributed by atoms with Gasteiger partial charge in [-0.05, 0) is 245 Å². The summed E-state index contributed by atoms with van der Waals surface area (Å²) >= 11 is 56.3. The maximum Gasteiger partial charge on any atom is 1.00 e. The van der Waals surface area contributed by atoms with Crippen molar-refractivity contribution >= 4 is 199 Å². The number of rotatable bonds is 27. The number of carbonyl (C=O) groups excluding carboxylic acids is 6. The van der Waals surface area contributed by atoms with E-state index in [0.29, 0.717) is 42.7 Å². The molecule has 0 radical (unpaired) electrons. The van der Waals surface area contributed by atoms with Gasteiger partial charge in [0.15, 0.2) is 42.0 Å². The topological polar surface area (TPSA) is 451 Å². The van der Waals surface area contributed by atoms with Crippen LogP contribution < -0.4 is 76.7 Å². The molecule has 0 aliphatic rings. The molecule has 0 spiro atoms. The SMILES string of the molecule is CC(C)(C)OC(=O)C(C(=O)OC(C)(C)C)c1ccc(Cl)nn1.CC(C)(C)OC(=O)C(CSCC(C(=O)OC(C)(C)C)(C(=O)OC(C)(C)C)c1ccc(Cl)nn1)(C(=O)OC(C)(C)C)c1ccc(Cl)nn1.ClCSCCl.Clc1ccc(CCSCCc2ccc(Cl)nn2)nn1.Clc1ccc(Cl)nn1.N.Nc1ccc(CCSCCc2ccc(N)nn2)nn1.[H-].[H-].[Na+].[Na+]. The number of alkyl halides is 2. The Morgan fingerprint density at radius 1 is 0.317 bits per heavy atom. The third kappa shape index (κ3) is 48.3. The van der Waals surface area contributed by atoms with Crippen LogP contribution in [0.15, 0.2) is 97.1 Å². The van der Waals surface area contributed by atoms with Crippen molar-refractivity contribution in [3.05, 3.63) is 173 Å². The van der Waals surface area contributed by atoms with Gasteiger partial charge in [-0.2, -0.15) is 71.0 Å². The molecule has 0 saturated heterocycles. The monoisotopic (exact) mass is 1980 g/mol. The Morgan fingerprint density at radius 3 is 0.756 bits per heavy atom. The summed E-state index contributed by atoms with van der Waals surface area (Å²) < 4.78 is 33.6. The Morgan fingerprint density at radius 2 is 0.553 bits per heavy atom. The summed E-state index contributed by atoms with van der Waals surface area (Å²) in [6.07, 6.45) is 3.57. The molecule has 8 heterocycles. The molecule has 0 fully saturated rings. The van der Waals surface area contributed by atoms with Gasteiger partial charge in [0, 0.05) is 37.2 Å². The maximum absolute atomic E-state index is 14.1. The molecule has 46 heteroatoms. The zero-order chi connectivity index (χ0) is 90.5. The first-order valence-electron chi connectivity index (χ1n) is 36.4. The minimum Gasteiger partial charge on any atom is -1.00 e. The molecule has 0 amide bonds. The molecular weight excluding hydrogens is 1880 g/mol. The number of hydrogen-bond donors (Lipinski definition) is 3. The van der Waals surface area contributed by atoms with Crippen molar-refractivity contribution in [2.45, 2.75) is 201 Å². The van der Waals surface area contributed by atoms with Gasteiger partial charge in [0.2, 0.25) is 10.8 Å². The predicted molar refractivity (Wildman–Crippen MR) is 484 cm³/mol. The number of halogens is 9. The molecule has 8 rings (SSSR count). The van der Waals surface area contributed by atoms with Crippen molar-refractivity contribution in [1.29, 1.82) is 0 Å². The molecule has 0 aromatic carbocycles. The van der Waals surface area contributed by atoms with Crippen LogP contribution in [0, 0.1) is 0 Å². The third-order valence-corrected chi connectivity index (χ3v) is 19.5. The van der Waals surface area contributed by atoms with Gasteiger partial charge >= 0.3 is 94.9 Å². The van der Waals surface area contributed by atoms with E-state index in [2.05, 4.69) is 81.6 Å². The normalized spacial score (nSPS) is 11.4. The van der Waals surface area contributed by atoms with E-state index in [1.807, 2.05) is 47.8 Å². The van der Waals surface area contributed by atoms with Crippen molar-refractivity contribution in [2.24, 2.45) is 0 Å². The number of nitrogens with zero attached hydrogens (tertiary/aromatic N) is 16. The van der Waals surface area contributed by atoms with Crippen molar-refractivity contribution in [1.82, 2.24) is 87.7 Å². The summed E-state index contributed by atoms with van der Waals surface area (Å²) in [6.45, 7) is 30.0. The van der Waals surface area contributed by atoms with E-state index in [-0.39, 0.29) is 101 Å². The Balaban J connectivity index is -0.00000160. The number of nitrogen functional groups attached to an aromatic ring is 2. The molecule has 668 valence electrons. The predicted octanol–water partition coefficient (Wildman–Crippen LogP) is 11.1. The fraction of sp³-hybridized carbons (Fsp3) is 0.506. The number of aryl methyl sites for hydroxylation is 4. The molecule has 0 aliphatic heterocycles. The fourth-order valence-corrected chi connectivity index (χ4v) is 13.4. The smallest absolute Gasteiger partial charge is 1.00 e. The van der Waals surface area contributed by atoms with Crippen LogP contribution in [0.2, 0.25) is 36.1 Å². The van der Waals surface area contributed by atoms with Crippen molar-refractivity contribution < 1.29 is 119 Å². The van der Waals surface area contributed by atoms with Gasteiger partial charge in [-0.15, -0.1) is 80.9 Å². The Labute approximate surface area is 827 Å². The largest absolute Gasteiger partial charge is 1.00 e. The van der Waals surface area contributed by atoms with Crippen LogP contribution in [0.3, 0.4) is 0 Å². The number of thioether (sulfide) groups is 4. The average Bonchev–Trinajstić information content (AvgIpc) is 0.756. The standard InChI is InChI=1S/C32H44Cl2N4O8S.C15H21ClN2O4.C12H12Cl2N4S.C12H16N6S.C4H2Cl2N2.C2H4Cl2S.H3N.2Na.2H/c1-27(2,3)43-23(39)31(24(40)44-28(4,5)6,19-13-15-21(33)37-35-19)17-47-18-32(25(41)45-29(7,8)9,26(42)46-30(10,11)12)20-14-16-22(34)38-36-20;1-14(2,3)21-12(19)11(13(20)22-15(4,5)6)9-7-8-10(16)18-17-9;2*13-11-3-1-9(15-17-11)5-7-19-8-6-10-2-4-12(14)18-16-10;5-3-1-2-4(6)8-7-3;3-1-5-2-4;;;;;/h13-16H,17-18H2,1-12H3;7-8,11H,1-6H3;1-4H,5-8H2;1-4H,5-8H2,(H2,13,17)(H2,14,18);1-2H;1-2H2;1H3;;;;/q;;;;;;;2*+1;2*-1. The van der Waals surface area contributed by atoms with Gasteiger partial charge in [-0.1, -0.05) is 81.2 Å². The van der Waals surface area contributed by atoms with Crippen LogP contribution in [0.25, 0.3) is 0 Å². The van der Waals surface area contributed by atoms with E-state index in [9.17, 15) is 28.8 Å². The maximum atomic E-state index is 14.1. The molecule has 8 aromatic heterocycles. The van der Waals surface area contributed by atoms with Crippen molar-refractivity contribution in [3.63, 3.8) is 0 Å². The van der Waals surface area contributed by atoms with E-state index in [4.69, 9.17) is 144 Å². The van der Waals surface area contributed by atoms with E-state index in [0.717, 1.165) is 83.2 Å². The quantitative estimate of drug-likeness (QED) is 0.0107. The Kier molecular flexibility index (Phi) is 54.8. The van der Waals surface area contributed by atoms with Gasteiger partial charge in [0.05, 0.1) is 50.3 Å². The number of hydrogen-bond acceptors (Lipinski definition) is 35. The van der Waals surface area contributed by atoms with Crippen LogP contribution in [0.4, 0.5) is 11.6 Å². The summed E-state index contributed by atoms with van der Waals surface area (Å²) in [6, 6.07) is 26.2. The number of nitrogens with two attached hydrogens (primary N) is 2. The summed E-state index contributed by atoms with van der Waals surface area (Å²) in [5.41, 5.74) is 4.61. The van der Waals surface area contributed by atoms with Crippen molar-refractivity contribution in [2.75, 3.05) is 56.4 Å². The number of esters is 6. The summed E-state index contributed by atoms with van der Waals surface area (Å²) in [5, 5.41) is 64.6. The summed E-state index contributed by atoms with van der Waals surface area (Å²) in [5.74, 6) is -2.69. The molecule has 0 atom stereocenters. The molecular formula is C77H104Cl9N19Na2O12S4.